The molecule has 3 N–H and O–H groups in total. The fourth-order valence-corrected chi connectivity index (χ4v) is 3.47. The fourth-order valence-electron chi connectivity index (χ4n) is 2.16. The zero-order chi connectivity index (χ0) is 16.7. The van der Waals surface area contributed by atoms with E-state index in [9.17, 15) is 13.2 Å². The van der Waals surface area contributed by atoms with Crippen LogP contribution in [-0.2, 0) is 21.2 Å². The Morgan fingerprint density at radius 2 is 1.87 bits per heavy atom. The molecule has 0 unspecified atom stereocenters. The number of carbonyl (C=O) groups is 1. The van der Waals surface area contributed by atoms with Crippen LogP contribution in [0.1, 0.15) is 31.2 Å². The van der Waals surface area contributed by atoms with E-state index in [0.29, 0.717) is 19.4 Å². The summed E-state index contributed by atoms with van der Waals surface area (Å²) in [4.78, 5) is 12.0. The summed E-state index contributed by atoms with van der Waals surface area (Å²) in [6.45, 7) is 1.55. The van der Waals surface area contributed by atoms with E-state index in [1.165, 1.54) is 0 Å². The van der Waals surface area contributed by atoms with Crippen LogP contribution >= 0.6 is 0 Å². The number of aryl methyl sites for hydroxylation is 1. The van der Waals surface area contributed by atoms with Crippen molar-refractivity contribution in [2.75, 3.05) is 20.1 Å². The number of rotatable bonds is 10. The molecule has 1 aromatic rings. The topological polar surface area (TPSA) is 87.3 Å². The number of hydrogen-bond donors (Lipinski definition) is 3. The predicted molar refractivity (Wildman–Crippen MR) is 89.7 cm³/mol. The first-order chi connectivity index (χ1) is 11.0. The molecule has 0 aromatic heterocycles. The minimum atomic E-state index is -3.40. The van der Waals surface area contributed by atoms with Gasteiger partial charge in [-0.25, -0.2) is 13.1 Å². The lowest BCUT2D eigenvalue weighted by atomic mass is 10.1. The Hall–Kier alpha value is -1.44. The van der Waals surface area contributed by atoms with Gasteiger partial charge in [0.05, 0.1) is 4.90 Å². The zero-order valence-corrected chi connectivity index (χ0v) is 14.3. The van der Waals surface area contributed by atoms with E-state index >= 15 is 0 Å². The lowest BCUT2D eigenvalue weighted by Crippen LogP contribution is -2.26. The van der Waals surface area contributed by atoms with Crippen molar-refractivity contribution in [3.05, 3.63) is 29.8 Å². The molecule has 7 heteroatoms. The quantitative estimate of drug-likeness (QED) is 0.550. The number of hydrogen-bond acceptors (Lipinski definition) is 4. The lowest BCUT2D eigenvalue weighted by molar-refractivity contribution is -0.121. The molecule has 0 heterocycles. The Bertz CT molecular complexity index is 610. The smallest absolute Gasteiger partial charge is 0.240 e. The zero-order valence-electron chi connectivity index (χ0n) is 13.5. The summed E-state index contributed by atoms with van der Waals surface area (Å²) >= 11 is 0. The van der Waals surface area contributed by atoms with E-state index in [1.54, 1.807) is 24.3 Å². The summed E-state index contributed by atoms with van der Waals surface area (Å²) in [5, 5.41) is 5.89. The van der Waals surface area contributed by atoms with E-state index in [0.717, 1.165) is 31.4 Å². The van der Waals surface area contributed by atoms with Crippen LogP contribution in [0.3, 0.4) is 0 Å². The molecule has 2 rings (SSSR count). The molecule has 0 spiro atoms. The van der Waals surface area contributed by atoms with Crippen molar-refractivity contribution in [3.63, 3.8) is 0 Å². The standard InChI is InChI=1S/C16H25N3O3S/c1-17-11-2-12-18-16(20)10-5-13-3-8-15(9-4-13)23(21,22)19-14-6-7-14/h3-4,8-9,14,17,19H,2,5-7,10-12H2,1H3,(H,18,20). The van der Waals surface area contributed by atoms with E-state index < -0.39 is 10.0 Å². The van der Waals surface area contributed by atoms with Crippen molar-refractivity contribution >= 4 is 15.9 Å². The number of amides is 1. The molecule has 1 amide bonds. The first-order valence-corrected chi connectivity index (χ1v) is 9.52. The average Bonchev–Trinajstić information content (AvgIpc) is 3.33. The lowest BCUT2D eigenvalue weighted by Gasteiger charge is -2.07. The van der Waals surface area contributed by atoms with E-state index in [1.807, 2.05) is 7.05 Å². The van der Waals surface area contributed by atoms with Crippen molar-refractivity contribution in [3.8, 4) is 0 Å². The van der Waals surface area contributed by atoms with Crippen LogP contribution < -0.4 is 15.4 Å². The Kier molecular flexibility index (Phi) is 6.56. The second-order valence-electron chi connectivity index (χ2n) is 5.85. The number of benzene rings is 1. The van der Waals surface area contributed by atoms with Gasteiger partial charge < -0.3 is 10.6 Å². The predicted octanol–water partition coefficient (Wildman–Crippen LogP) is 0.786. The summed E-state index contributed by atoms with van der Waals surface area (Å²) in [5.41, 5.74) is 0.959. The maximum Gasteiger partial charge on any atom is 0.240 e. The highest BCUT2D eigenvalue weighted by molar-refractivity contribution is 7.89. The van der Waals surface area contributed by atoms with Crippen LogP contribution in [0.15, 0.2) is 29.2 Å². The Morgan fingerprint density at radius 1 is 1.17 bits per heavy atom. The minimum absolute atomic E-state index is 0.0215. The molecule has 0 radical (unpaired) electrons. The molecule has 0 bridgehead atoms. The summed E-state index contributed by atoms with van der Waals surface area (Å²) in [5.74, 6) is 0.0215. The molecule has 1 fully saturated rings. The summed E-state index contributed by atoms with van der Waals surface area (Å²) in [6.07, 6.45) is 3.75. The molecule has 0 saturated heterocycles. The fraction of sp³-hybridized carbons (Fsp3) is 0.562. The van der Waals surface area contributed by atoms with Gasteiger partial charge in [-0.15, -0.1) is 0 Å². The van der Waals surface area contributed by atoms with Crippen molar-refractivity contribution in [1.82, 2.24) is 15.4 Å². The second kappa shape index (κ2) is 8.42. The summed E-state index contributed by atoms with van der Waals surface area (Å²) < 4.78 is 26.8. The highest BCUT2D eigenvalue weighted by Crippen LogP contribution is 2.22. The number of sulfonamides is 1. The minimum Gasteiger partial charge on any atom is -0.356 e. The van der Waals surface area contributed by atoms with Crippen LogP contribution in [0.25, 0.3) is 0 Å². The van der Waals surface area contributed by atoms with Crippen molar-refractivity contribution < 1.29 is 13.2 Å². The molecule has 1 aliphatic rings. The molecular formula is C16H25N3O3S. The second-order valence-corrected chi connectivity index (χ2v) is 7.56. The van der Waals surface area contributed by atoms with Gasteiger partial charge in [0.2, 0.25) is 15.9 Å². The van der Waals surface area contributed by atoms with Gasteiger partial charge >= 0.3 is 0 Å². The average molecular weight is 339 g/mol. The maximum atomic E-state index is 12.1. The molecule has 23 heavy (non-hydrogen) atoms. The van der Waals surface area contributed by atoms with Crippen LogP contribution in [0.5, 0.6) is 0 Å². The van der Waals surface area contributed by atoms with E-state index in [4.69, 9.17) is 0 Å². The van der Waals surface area contributed by atoms with Gasteiger partial charge in [0.1, 0.15) is 0 Å². The van der Waals surface area contributed by atoms with Gasteiger partial charge in [0, 0.05) is 19.0 Å². The molecule has 0 atom stereocenters. The van der Waals surface area contributed by atoms with Crippen LogP contribution in [0, 0.1) is 0 Å². The molecule has 0 aliphatic heterocycles. The van der Waals surface area contributed by atoms with E-state index in [-0.39, 0.29) is 16.8 Å². The molecule has 128 valence electrons. The third kappa shape index (κ3) is 6.29. The van der Waals surface area contributed by atoms with E-state index in [2.05, 4.69) is 15.4 Å². The van der Waals surface area contributed by atoms with Crippen LogP contribution in [0.2, 0.25) is 0 Å². The van der Waals surface area contributed by atoms with Gasteiger partial charge in [0.15, 0.2) is 0 Å². The van der Waals surface area contributed by atoms with Gasteiger partial charge in [-0.1, -0.05) is 12.1 Å². The van der Waals surface area contributed by atoms with Gasteiger partial charge in [-0.05, 0) is 57.0 Å². The van der Waals surface area contributed by atoms with Crippen molar-refractivity contribution in [2.24, 2.45) is 0 Å². The first-order valence-electron chi connectivity index (χ1n) is 8.04. The van der Waals surface area contributed by atoms with Crippen LogP contribution in [-0.4, -0.2) is 40.5 Å². The normalized spacial score (nSPS) is 14.7. The number of nitrogens with one attached hydrogen (secondary N) is 3. The Balaban J connectivity index is 1.77. The first kappa shape index (κ1) is 17.9. The largest absolute Gasteiger partial charge is 0.356 e. The van der Waals surface area contributed by atoms with Crippen LogP contribution in [0.4, 0.5) is 0 Å². The maximum absolute atomic E-state index is 12.1. The highest BCUT2D eigenvalue weighted by atomic mass is 32.2. The monoisotopic (exact) mass is 339 g/mol. The molecule has 6 nitrogen and oxygen atoms in total. The van der Waals surface area contributed by atoms with Crippen molar-refractivity contribution in [1.29, 1.82) is 0 Å². The van der Waals surface area contributed by atoms with Gasteiger partial charge in [-0.2, -0.15) is 0 Å². The Labute approximate surface area is 138 Å². The molecule has 1 aliphatic carbocycles. The third-order valence-corrected chi connectivity index (χ3v) is 5.24. The summed E-state index contributed by atoms with van der Waals surface area (Å²) in [6, 6.07) is 6.85. The Morgan fingerprint density at radius 3 is 2.48 bits per heavy atom. The van der Waals surface area contributed by atoms with Gasteiger partial charge in [0.25, 0.3) is 0 Å². The number of carbonyl (C=O) groups excluding carboxylic acids is 1. The molecule has 1 saturated carbocycles. The third-order valence-electron chi connectivity index (χ3n) is 3.70. The molecular weight excluding hydrogens is 314 g/mol. The van der Waals surface area contributed by atoms with Crippen molar-refractivity contribution in [2.45, 2.75) is 43.0 Å². The summed E-state index contributed by atoms with van der Waals surface area (Å²) in [7, 11) is -1.52. The highest BCUT2D eigenvalue weighted by Gasteiger charge is 2.27. The van der Waals surface area contributed by atoms with Gasteiger partial charge in [-0.3, -0.25) is 4.79 Å². The molecule has 1 aromatic carbocycles. The SMILES string of the molecule is CNCCCNC(=O)CCc1ccc(S(=O)(=O)NC2CC2)cc1.